The predicted octanol–water partition coefficient (Wildman–Crippen LogP) is 1.02. The second-order valence-corrected chi connectivity index (χ2v) is 4.32. The highest BCUT2D eigenvalue weighted by Gasteiger charge is 2.13. The average Bonchev–Trinajstić information content (AvgIpc) is 2.39. The summed E-state index contributed by atoms with van der Waals surface area (Å²) in [7, 11) is 0. The second-order valence-electron chi connectivity index (χ2n) is 4.32. The van der Waals surface area contributed by atoms with Gasteiger partial charge in [-0.05, 0) is 24.6 Å². The van der Waals surface area contributed by atoms with Gasteiger partial charge in [-0.25, -0.2) is 14.0 Å². The van der Waals surface area contributed by atoms with E-state index in [4.69, 9.17) is 10.2 Å². The molecule has 1 aromatic rings. The summed E-state index contributed by atoms with van der Waals surface area (Å²) >= 11 is 0. The van der Waals surface area contributed by atoms with Crippen molar-refractivity contribution in [2.24, 2.45) is 0 Å². The zero-order valence-corrected chi connectivity index (χ0v) is 11.0. The van der Waals surface area contributed by atoms with Crippen molar-refractivity contribution in [3.05, 3.63) is 35.6 Å². The minimum absolute atomic E-state index is 0.0371. The quantitative estimate of drug-likeness (QED) is 0.627. The van der Waals surface area contributed by atoms with Crippen LogP contribution in [0.5, 0.6) is 0 Å². The third-order valence-corrected chi connectivity index (χ3v) is 2.71. The van der Waals surface area contributed by atoms with E-state index in [0.717, 1.165) is 5.56 Å². The monoisotopic (exact) mass is 284 g/mol. The van der Waals surface area contributed by atoms with Gasteiger partial charge in [-0.15, -0.1) is 0 Å². The maximum Gasteiger partial charge on any atom is 0.332 e. The number of aliphatic hydroxyl groups excluding tert-OH is 1. The van der Waals surface area contributed by atoms with Crippen molar-refractivity contribution in [3.63, 3.8) is 0 Å². The van der Waals surface area contributed by atoms with Gasteiger partial charge in [0.1, 0.15) is 5.82 Å². The molecule has 6 nitrogen and oxygen atoms in total. The van der Waals surface area contributed by atoms with Gasteiger partial charge >= 0.3 is 12.0 Å². The molecule has 0 heterocycles. The molecule has 0 aromatic heterocycles. The van der Waals surface area contributed by atoms with Gasteiger partial charge in [-0.1, -0.05) is 12.1 Å². The number of carboxylic acid groups (broad SMARTS) is 1. The van der Waals surface area contributed by atoms with E-state index >= 15 is 0 Å². The van der Waals surface area contributed by atoms with Crippen molar-refractivity contribution in [2.45, 2.75) is 25.5 Å². The molecule has 0 spiro atoms. The molecule has 1 unspecified atom stereocenters. The van der Waals surface area contributed by atoms with Crippen LogP contribution in [-0.2, 0) is 4.79 Å². The number of carbonyl (C=O) groups is 2. The molecule has 0 radical (unpaired) electrons. The summed E-state index contributed by atoms with van der Waals surface area (Å²) in [5, 5.41) is 22.5. The Morgan fingerprint density at radius 1 is 1.30 bits per heavy atom. The van der Waals surface area contributed by atoms with Crippen LogP contribution in [0.2, 0.25) is 0 Å². The van der Waals surface area contributed by atoms with Crippen LogP contribution in [-0.4, -0.2) is 34.9 Å². The van der Waals surface area contributed by atoms with Gasteiger partial charge in [0.2, 0.25) is 0 Å². The molecule has 20 heavy (non-hydrogen) atoms. The van der Waals surface area contributed by atoms with E-state index in [0.29, 0.717) is 0 Å². The van der Waals surface area contributed by atoms with Gasteiger partial charge in [0, 0.05) is 13.0 Å². The highest BCUT2D eigenvalue weighted by Crippen LogP contribution is 2.12. The lowest BCUT2D eigenvalue weighted by Gasteiger charge is -2.15. The fourth-order valence-electron chi connectivity index (χ4n) is 1.53. The minimum atomic E-state index is -1.50. The lowest BCUT2D eigenvalue weighted by Crippen LogP contribution is -2.39. The summed E-state index contributed by atoms with van der Waals surface area (Å²) in [6.45, 7) is 1.77. The lowest BCUT2D eigenvalue weighted by molar-refractivity contribution is -0.146. The Morgan fingerprint density at radius 3 is 2.45 bits per heavy atom. The largest absolute Gasteiger partial charge is 0.479 e. The number of carbonyl (C=O) groups excluding carboxylic acids is 1. The van der Waals surface area contributed by atoms with E-state index in [1.165, 1.54) is 12.1 Å². The number of carboxylic acids is 1. The molecule has 2 atom stereocenters. The zero-order valence-electron chi connectivity index (χ0n) is 11.0. The van der Waals surface area contributed by atoms with E-state index in [-0.39, 0.29) is 24.8 Å². The minimum Gasteiger partial charge on any atom is -0.479 e. The third kappa shape index (κ3) is 5.23. The smallest absolute Gasteiger partial charge is 0.332 e. The summed E-state index contributed by atoms with van der Waals surface area (Å²) in [6, 6.07) is 4.92. The molecular formula is C13H17FN2O4. The Kier molecular flexibility index (Phi) is 5.92. The first-order valence-corrected chi connectivity index (χ1v) is 6.11. The Labute approximate surface area is 115 Å². The maximum atomic E-state index is 12.7. The number of rotatable bonds is 6. The number of aliphatic hydroxyl groups is 1. The van der Waals surface area contributed by atoms with Crippen molar-refractivity contribution in [3.8, 4) is 0 Å². The molecule has 4 N–H and O–H groups in total. The molecule has 7 heteroatoms. The van der Waals surface area contributed by atoms with E-state index < -0.39 is 18.1 Å². The highest BCUT2D eigenvalue weighted by molar-refractivity contribution is 5.75. The van der Waals surface area contributed by atoms with Gasteiger partial charge in [0.15, 0.2) is 6.10 Å². The number of halogens is 1. The van der Waals surface area contributed by atoms with Crippen LogP contribution < -0.4 is 10.6 Å². The standard InChI is InChI=1S/C13H17FN2O4/c1-8(9-2-4-10(14)5-3-9)16-13(20)15-7-6-11(17)12(18)19/h2-5,8,11,17H,6-7H2,1H3,(H,18,19)(H2,15,16,20)/t8?,11-/m0/s1. The highest BCUT2D eigenvalue weighted by atomic mass is 19.1. The number of urea groups is 1. The molecule has 110 valence electrons. The van der Waals surface area contributed by atoms with Crippen LogP contribution in [0.3, 0.4) is 0 Å². The first kappa shape index (κ1) is 15.9. The normalized spacial score (nSPS) is 13.3. The Morgan fingerprint density at radius 2 is 1.90 bits per heavy atom. The number of benzene rings is 1. The van der Waals surface area contributed by atoms with Crippen LogP contribution in [0.1, 0.15) is 24.9 Å². The summed E-state index contributed by atoms with van der Waals surface area (Å²) in [5.41, 5.74) is 0.743. The molecule has 0 aliphatic heterocycles. The lowest BCUT2D eigenvalue weighted by atomic mass is 10.1. The van der Waals surface area contributed by atoms with E-state index in [1.54, 1.807) is 19.1 Å². The predicted molar refractivity (Wildman–Crippen MR) is 69.6 cm³/mol. The van der Waals surface area contributed by atoms with Crippen molar-refractivity contribution in [1.29, 1.82) is 0 Å². The summed E-state index contributed by atoms with van der Waals surface area (Å²) in [5.74, 6) is -1.68. The Bertz CT molecular complexity index is 464. The molecular weight excluding hydrogens is 267 g/mol. The number of amides is 2. The Balaban J connectivity index is 2.35. The fourth-order valence-corrected chi connectivity index (χ4v) is 1.53. The maximum absolute atomic E-state index is 12.7. The van der Waals surface area contributed by atoms with Crippen molar-refractivity contribution in [2.75, 3.05) is 6.54 Å². The van der Waals surface area contributed by atoms with Gasteiger partial charge in [-0.3, -0.25) is 0 Å². The van der Waals surface area contributed by atoms with Crippen LogP contribution >= 0.6 is 0 Å². The average molecular weight is 284 g/mol. The van der Waals surface area contributed by atoms with Crippen LogP contribution in [0.4, 0.5) is 9.18 Å². The number of nitrogens with one attached hydrogen (secondary N) is 2. The van der Waals surface area contributed by atoms with Gasteiger partial charge in [0.25, 0.3) is 0 Å². The van der Waals surface area contributed by atoms with Crippen LogP contribution in [0.15, 0.2) is 24.3 Å². The van der Waals surface area contributed by atoms with Crippen LogP contribution in [0.25, 0.3) is 0 Å². The first-order valence-electron chi connectivity index (χ1n) is 6.11. The SMILES string of the molecule is CC(NC(=O)NCC[C@H](O)C(=O)O)c1ccc(F)cc1. The molecule has 1 aromatic carbocycles. The molecule has 0 fully saturated rings. The van der Waals surface area contributed by atoms with Crippen molar-refractivity contribution >= 4 is 12.0 Å². The van der Waals surface area contributed by atoms with E-state index in [1.807, 2.05) is 0 Å². The fraction of sp³-hybridized carbons (Fsp3) is 0.385. The summed E-state index contributed by atoms with van der Waals surface area (Å²) in [4.78, 5) is 21.9. The summed E-state index contributed by atoms with van der Waals surface area (Å²) < 4.78 is 12.7. The zero-order chi connectivity index (χ0) is 15.1. The molecule has 0 aliphatic rings. The summed E-state index contributed by atoms with van der Waals surface area (Å²) in [6.07, 6.45) is -1.57. The molecule has 0 saturated carbocycles. The first-order chi connectivity index (χ1) is 9.40. The van der Waals surface area contributed by atoms with Gasteiger partial charge < -0.3 is 20.8 Å². The van der Waals surface area contributed by atoms with E-state index in [9.17, 15) is 14.0 Å². The molecule has 2 amide bonds. The van der Waals surface area contributed by atoms with Crippen molar-refractivity contribution < 1.29 is 24.2 Å². The van der Waals surface area contributed by atoms with Gasteiger partial charge in [0.05, 0.1) is 6.04 Å². The molecule has 1 rings (SSSR count). The topological polar surface area (TPSA) is 98.7 Å². The van der Waals surface area contributed by atoms with Crippen molar-refractivity contribution in [1.82, 2.24) is 10.6 Å². The molecule has 0 bridgehead atoms. The second kappa shape index (κ2) is 7.44. The molecule has 0 saturated heterocycles. The Hall–Kier alpha value is -2.15. The number of hydrogen-bond acceptors (Lipinski definition) is 3. The van der Waals surface area contributed by atoms with Crippen LogP contribution in [0, 0.1) is 5.82 Å². The molecule has 0 aliphatic carbocycles. The third-order valence-electron chi connectivity index (χ3n) is 2.71. The number of aliphatic carboxylic acids is 1. The van der Waals surface area contributed by atoms with E-state index in [2.05, 4.69) is 10.6 Å². The van der Waals surface area contributed by atoms with Gasteiger partial charge in [-0.2, -0.15) is 0 Å². The number of hydrogen-bond donors (Lipinski definition) is 4.